The lowest BCUT2D eigenvalue weighted by atomic mass is 9.38. The van der Waals surface area contributed by atoms with Crippen molar-refractivity contribution >= 4 is 23.7 Å². The Balaban J connectivity index is 1.51. The van der Waals surface area contributed by atoms with E-state index >= 15 is 0 Å². The summed E-state index contributed by atoms with van der Waals surface area (Å²) in [6, 6.07) is 1.80. The van der Waals surface area contributed by atoms with E-state index in [2.05, 4.69) is 6.92 Å². The van der Waals surface area contributed by atoms with Gasteiger partial charge in [0.25, 0.3) is 0 Å². The third kappa shape index (κ3) is 3.50. The Bertz CT molecular complexity index is 1390. The summed E-state index contributed by atoms with van der Waals surface area (Å²) in [5, 5.41) is 0. The zero-order valence-electron chi connectivity index (χ0n) is 24.6. The Morgan fingerprint density at radius 2 is 1.90 bits per heavy atom. The van der Waals surface area contributed by atoms with Crippen LogP contribution in [0.15, 0.2) is 46.3 Å². The molecule has 1 aromatic heterocycles. The Hall–Kier alpha value is -3.20. The van der Waals surface area contributed by atoms with Gasteiger partial charge in [0.15, 0.2) is 0 Å². The maximum atomic E-state index is 14.6. The van der Waals surface area contributed by atoms with Gasteiger partial charge in [0.05, 0.1) is 25.6 Å². The number of carbonyl (C=O) groups is 4. The molecule has 9 nitrogen and oxygen atoms in total. The minimum absolute atomic E-state index is 0.0115. The first-order valence-corrected chi connectivity index (χ1v) is 14.4. The monoisotopic (exact) mass is 566 g/mol. The molecule has 9 heteroatoms. The first-order chi connectivity index (χ1) is 19.3. The summed E-state index contributed by atoms with van der Waals surface area (Å²) in [6.07, 6.45) is 5.62. The normalized spacial score (nSPS) is 42.1. The maximum Gasteiger partial charge on any atom is 0.333 e. The van der Waals surface area contributed by atoms with Crippen LogP contribution in [0.3, 0.4) is 0 Å². The molecule has 0 radical (unpaired) electrons. The molecule has 1 aromatic rings. The van der Waals surface area contributed by atoms with Crippen molar-refractivity contribution in [3.05, 3.63) is 47.5 Å². The van der Waals surface area contributed by atoms with E-state index in [0.29, 0.717) is 18.4 Å². The molecule has 2 aliphatic heterocycles. The van der Waals surface area contributed by atoms with Gasteiger partial charge >= 0.3 is 17.9 Å². The highest BCUT2D eigenvalue weighted by Crippen LogP contribution is 2.76. The average molecular weight is 567 g/mol. The predicted molar refractivity (Wildman–Crippen MR) is 144 cm³/mol. The number of fused-ring (bicyclic) bond motifs is 5. The number of cyclic esters (lactones) is 1. The largest absolute Gasteiger partial charge is 0.472 e. The van der Waals surface area contributed by atoms with Gasteiger partial charge in [-0.1, -0.05) is 33.8 Å². The van der Waals surface area contributed by atoms with Crippen LogP contribution < -0.4 is 0 Å². The van der Waals surface area contributed by atoms with Crippen molar-refractivity contribution < 1.29 is 42.5 Å². The molecule has 3 saturated carbocycles. The molecule has 3 aliphatic carbocycles. The number of carbonyl (C=O) groups excluding carboxylic acids is 4. The number of ketones is 1. The average Bonchev–Trinajstić information content (AvgIpc) is 3.39. The van der Waals surface area contributed by atoms with Crippen LogP contribution in [-0.2, 0) is 38.1 Å². The molecule has 220 valence electrons. The van der Waals surface area contributed by atoms with Crippen molar-refractivity contribution in [3.63, 3.8) is 0 Å². The lowest BCUT2D eigenvalue weighted by Gasteiger charge is -2.63. The predicted octanol–water partition coefficient (Wildman–Crippen LogP) is 4.66. The van der Waals surface area contributed by atoms with Gasteiger partial charge in [0, 0.05) is 45.8 Å². The molecular formula is C32H38O9. The van der Waals surface area contributed by atoms with E-state index in [1.807, 2.05) is 20.8 Å². The van der Waals surface area contributed by atoms with Crippen LogP contribution in [0.5, 0.6) is 0 Å². The minimum atomic E-state index is -0.997. The maximum absolute atomic E-state index is 14.6. The van der Waals surface area contributed by atoms with Gasteiger partial charge in [-0.25, -0.2) is 9.59 Å². The third-order valence-electron chi connectivity index (χ3n) is 11.3. The topological polar surface area (TPSA) is 122 Å². The molecule has 6 rings (SSSR count). The number of rotatable bonds is 5. The summed E-state index contributed by atoms with van der Waals surface area (Å²) in [6.45, 7) is 11.4. The Labute approximate surface area is 239 Å². The van der Waals surface area contributed by atoms with E-state index in [9.17, 15) is 19.2 Å². The van der Waals surface area contributed by atoms with E-state index in [0.717, 1.165) is 11.1 Å². The Morgan fingerprint density at radius 3 is 2.54 bits per heavy atom. The number of methoxy groups -OCH3 is 1. The minimum Gasteiger partial charge on any atom is -0.472 e. The number of hydrogen-bond donors (Lipinski definition) is 0. The third-order valence-corrected chi connectivity index (χ3v) is 11.3. The van der Waals surface area contributed by atoms with Gasteiger partial charge in [-0.3, -0.25) is 9.59 Å². The Kier molecular flexibility index (Phi) is 6.07. The first-order valence-electron chi connectivity index (χ1n) is 14.4. The second-order valence-electron chi connectivity index (χ2n) is 13.4. The van der Waals surface area contributed by atoms with Gasteiger partial charge in [0.1, 0.15) is 29.7 Å². The zero-order chi connectivity index (χ0) is 29.7. The van der Waals surface area contributed by atoms with Crippen molar-refractivity contribution in [2.45, 2.75) is 84.7 Å². The quantitative estimate of drug-likeness (QED) is 0.217. The molecule has 41 heavy (non-hydrogen) atoms. The summed E-state index contributed by atoms with van der Waals surface area (Å²) in [4.78, 5) is 53.7. The van der Waals surface area contributed by atoms with Gasteiger partial charge in [-0.05, 0) is 44.2 Å². The lowest BCUT2D eigenvalue weighted by molar-refractivity contribution is -0.202. The van der Waals surface area contributed by atoms with E-state index in [4.69, 9.17) is 23.4 Å². The van der Waals surface area contributed by atoms with Crippen LogP contribution in [0.1, 0.15) is 72.5 Å². The van der Waals surface area contributed by atoms with Crippen molar-refractivity contribution in [1.29, 1.82) is 0 Å². The van der Waals surface area contributed by atoms with Crippen molar-refractivity contribution in [2.75, 3.05) is 7.11 Å². The number of allylic oxidation sites excluding steroid dienone is 1. The molecule has 9 atom stereocenters. The second-order valence-corrected chi connectivity index (χ2v) is 13.4. The summed E-state index contributed by atoms with van der Waals surface area (Å²) in [5.41, 5.74) is -1.29. The van der Waals surface area contributed by atoms with Crippen LogP contribution in [0.4, 0.5) is 0 Å². The fourth-order valence-corrected chi connectivity index (χ4v) is 9.08. The van der Waals surface area contributed by atoms with E-state index in [-0.39, 0.29) is 18.1 Å². The molecular weight excluding hydrogens is 528 g/mol. The fourth-order valence-electron chi connectivity index (χ4n) is 9.08. The summed E-state index contributed by atoms with van der Waals surface area (Å²) < 4.78 is 29.2. The molecule has 2 bridgehead atoms. The SMILES string of the molecule is C/C=C(\C)C(=O)O[C@@H]1C2C(=O)[C@@](C)(C3CC[C@]4(C)C(=CC(=O)O[C@H]4c4ccoc4)[C@]34O[C@H]24)[C@@H](CC(=O)OC)C1(C)C. The van der Waals surface area contributed by atoms with Gasteiger partial charge in [-0.15, -0.1) is 0 Å². The molecule has 0 N–H and O–H groups in total. The number of furan rings is 1. The van der Waals surface area contributed by atoms with Gasteiger partial charge < -0.3 is 23.4 Å². The molecule has 5 aliphatic rings. The first kappa shape index (κ1) is 27.9. The highest BCUT2D eigenvalue weighted by Gasteiger charge is 2.84. The number of epoxide rings is 1. The molecule has 1 spiro atoms. The summed E-state index contributed by atoms with van der Waals surface area (Å²) in [7, 11) is 1.33. The van der Waals surface area contributed by atoms with Crippen LogP contribution in [0, 0.1) is 34.0 Å². The van der Waals surface area contributed by atoms with E-state index in [1.165, 1.54) is 7.11 Å². The number of Topliss-reactive ketones (excluding diaryl/α,β-unsaturated/α-hetero) is 1. The number of ether oxygens (including phenoxy) is 4. The summed E-state index contributed by atoms with van der Waals surface area (Å²) >= 11 is 0. The van der Waals surface area contributed by atoms with Gasteiger partial charge in [0.2, 0.25) is 0 Å². The fraction of sp³-hybridized carbons (Fsp3) is 0.625. The highest BCUT2D eigenvalue weighted by molar-refractivity contribution is 5.95. The molecule has 1 saturated heterocycles. The molecule has 4 fully saturated rings. The van der Waals surface area contributed by atoms with Crippen LogP contribution in [0.2, 0.25) is 0 Å². The van der Waals surface area contributed by atoms with E-state index in [1.54, 1.807) is 44.6 Å². The molecule has 2 unspecified atom stereocenters. The van der Waals surface area contributed by atoms with Crippen LogP contribution in [0.25, 0.3) is 0 Å². The van der Waals surface area contributed by atoms with Crippen molar-refractivity contribution in [3.8, 4) is 0 Å². The summed E-state index contributed by atoms with van der Waals surface area (Å²) in [5.74, 6) is -3.03. The van der Waals surface area contributed by atoms with Crippen LogP contribution >= 0.6 is 0 Å². The lowest BCUT2D eigenvalue weighted by Crippen LogP contribution is -2.71. The number of esters is 3. The molecule has 0 aromatic carbocycles. The van der Waals surface area contributed by atoms with Crippen molar-refractivity contribution in [2.24, 2.45) is 34.0 Å². The highest BCUT2D eigenvalue weighted by atomic mass is 16.6. The Morgan fingerprint density at radius 1 is 1.17 bits per heavy atom. The van der Waals surface area contributed by atoms with E-state index < -0.39 is 69.9 Å². The second kappa shape index (κ2) is 8.90. The number of hydrogen-bond acceptors (Lipinski definition) is 9. The molecule has 3 heterocycles. The van der Waals surface area contributed by atoms with Crippen LogP contribution in [-0.4, -0.2) is 48.6 Å². The van der Waals surface area contributed by atoms with Gasteiger partial charge in [-0.2, -0.15) is 0 Å². The smallest absolute Gasteiger partial charge is 0.333 e. The standard InChI is InChI=1S/C32H38O9/c1-8-16(2)28(36)40-26-23-24(35)31(6,19(29(26,3)4)13-21(33)37-7)18-9-11-30(5)20(32(18)27(23)41-32)14-22(34)39-25(30)17-10-12-38-15-17/h8,10,12,14-15,18-19,23,25-27H,9,11,13H2,1-7H3/b16-8+/t18?,19-,23?,25-,26+,27+,30+,31-,32+/m0/s1. The zero-order valence-corrected chi connectivity index (χ0v) is 24.6. The molecule has 0 amide bonds. The van der Waals surface area contributed by atoms with Crippen molar-refractivity contribution in [1.82, 2.24) is 0 Å².